The maximum Gasteiger partial charge on any atom is 0.137 e. The third-order valence-electron chi connectivity index (χ3n) is 27.5. The van der Waals surface area contributed by atoms with Crippen molar-refractivity contribution in [3.8, 4) is 33.4 Å². The van der Waals surface area contributed by atoms with Gasteiger partial charge in [0.15, 0.2) is 0 Å². The van der Waals surface area contributed by atoms with E-state index in [0.717, 1.165) is 51.3 Å². The van der Waals surface area contributed by atoms with Gasteiger partial charge in [-0.15, -0.1) is 34.0 Å². The first-order chi connectivity index (χ1) is 50.1. The second-order valence-corrected chi connectivity index (χ2v) is 41.7. The molecule has 7 heteroatoms. The van der Waals surface area contributed by atoms with E-state index in [2.05, 4.69) is 266 Å². The minimum absolute atomic E-state index is 0.000678. The van der Waals surface area contributed by atoms with Crippen LogP contribution >= 0.6 is 34.0 Å². The Morgan fingerprint density at radius 1 is 0.324 bits per heavy atom. The molecule has 0 atom stereocenters. The molecular formula is C95H76N2OS3Si. The highest BCUT2D eigenvalue weighted by Crippen LogP contribution is 2.72. The first kappa shape index (κ1) is 58.4. The number of nitrogens with zero attached hydrogens (tertiary/aromatic N) is 2. The summed E-state index contributed by atoms with van der Waals surface area (Å²) >= 11 is 5.83. The molecule has 2 spiro atoms. The molecule has 10 aliphatic carbocycles. The summed E-state index contributed by atoms with van der Waals surface area (Å²) in [5.41, 5.74) is 23.9. The molecule has 0 amide bonds. The van der Waals surface area contributed by atoms with Crippen molar-refractivity contribution in [1.29, 1.82) is 0 Å². The zero-order valence-electron chi connectivity index (χ0n) is 57.7. The minimum atomic E-state index is -1.63. The Kier molecular flexibility index (Phi) is 11.9. The second-order valence-electron chi connectivity index (χ2n) is 33.4. The topological polar surface area (TPSA) is 19.6 Å². The molecule has 0 aliphatic heterocycles. The quantitative estimate of drug-likeness (QED) is 0.141. The Bertz CT molecular complexity index is 6290. The van der Waals surface area contributed by atoms with Crippen molar-refractivity contribution < 1.29 is 4.42 Å². The van der Waals surface area contributed by atoms with Gasteiger partial charge in [0.2, 0.25) is 0 Å². The van der Waals surface area contributed by atoms with Crippen LogP contribution in [0.1, 0.15) is 86.5 Å². The smallest absolute Gasteiger partial charge is 0.137 e. The van der Waals surface area contributed by atoms with E-state index in [1.54, 1.807) is 27.4 Å². The number of fused-ring (bicyclic) bond motifs is 18. The van der Waals surface area contributed by atoms with Gasteiger partial charge in [-0.2, -0.15) is 0 Å². The lowest BCUT2D eigenvalue weighted by atomic mass is 9.43. The Labute approximate surface area is 607 Å². The molecule has 4 heterocycles. The lowest BCUT2D eigenvalue weighted by molar-refractivity contribution is -0.0399. The first-order valence-corrected chi connectivity index (χ1v) is 43.9. The van der Waals surface area contributed by atoms with Crippen LogP contribution in [0.4, 0.5) is 34.1 Å². The van der Waals surface area contributed by atoms with Crippen molar-refractivity contribution in [2.45, 2.75) is 94.7 Å². The van der Waals surface area contributed by atoms with Crippen LogP contribution in [0.5, 0.6) is 0 Å². The summed E-state index contributed by atoms with van der Waals surface area (Å²) in [6.45, 7) is 7.57. The van der Waals surface area contributed by atoms with Gasteiger partial charge < -0.3 is 14.2 Å². The van der Waals surface area contributed by atoms with Crippen LogP contribution in [-0.2, 0) is 10.8 Å². The maximum atomic E-state index is 6.86. The van der Waals surface area contributed by atoms with Crippen LogP contribution in [0.3, 0.4) is 0 Å². The van der Waals surface area contributed by atoms with Gasteiger partial charge in [-0.3, -0.25) is 0 Å². The predicted molar refractivity (Wildman–Crippen MR) is 437 cm³/mol. The van der Waals surface area contributed by atoms with Crippen molar-refractivity contribution in [2.24, 2.45) is 47.3 Å². The molecular weight excluding hydrogens is 1310 g/mol. The molecule has 26 rings (SSSR count). The standard InChI is InChI=1S/C95H76N2OS3Si/c1-102(2,3)64-34-37-75-73(52-64)68-36-33-62(50-77(68)95(75)60-44-55-39-56(46-60)47-61(95)45-55)96(78-23-13-27-83-89(78)69-17-5-9-26-82(69)98-83)80-25-15-31-87-92(80)72-21-12-20-65(93(72)101-87)57-48-81(91-71-19-7-11-29-85(71)100-88(91)49-57)97(79-24-14-30-86-90(79)70-18-6-10-28-84(70)99-86)63-32-35-67-66-16-4-8-22-74(66)94(76(67)51-63)58-40-53-38-54(42-58)43-59(94)41-53/h4-37,48-56,58-61H,38-47H2,1-3H3. The molecule has 494 valence electrons. The summed E-state index contributed by atoms with van der Waals surface area (Å²) in [6.07, 6.45) is 13.7. The van der Waals surface area contributed by atoms with Gasteiger partial charge in [0.05, 0.1) is 36.2 Å². The fourth-order valence-corrected chi connectivity index (χ4v) is 28.9. The molecule has 3 nitrogen and oxygen atoms in total. The van der Waals surface area contributed by atoms with Gasteiger partial charge in [-0.05, 0) is 258 Å². The van der Waals surface area contributed by atoms with Crippen LogP contribution in [0, 0.1) is 47.3 Å². The highest BCUT2D eigenvalue weighted by Gasteiger charge is 2.63. The molecule has 0 radical (unpaired) electrons. The number of hydrogen-bond acceptors (Lipinski definition) is 6. The van der Waals surface area contributed by atoms with Gasteiger partial charge in [0.1, 0.15) is 11.2 Å². The molecule has 0 saturated heterocycles. The van der Waals surface area contributed by atoms with E-state index < -0.39 is 8.07 Å². The van der Waals surface area contributed by atoms with Crippen LogP contribution < -0.4 is 15.0 Å². The van der Waals surface area contributed by atoms with Gasteiger partial charge in [0, 0.05) is 88.1 Å². The highest BCUT2D eigenvalue weighted by molar-refractivity contribution is 7.27. The molecule has 0 N–H and O–H groups in total. The van der Waals surface area contributed by atoms with Crippen molar-refractivity contribution in [3.05, 3.63) is 259 Å². The number of rotatable bonds is 8. The number of thiophene rings is 3. The number of para-hydroxylation sites is 1. The summed E-state index contributed by atoms with van der Waals surface area (Å²) < 4.78 is 14.7. The fourth-order valence-electron chi connectivity index (χ4n) is 24.2. The van der Waals surface area contributed by atoms with Gasteiger partial charge >= 0.3 is 0 Å². The van der Waals surface area contributed by atoms with Crippen LogP contribution in [0.15, 0.2) is 241 Å². The number of hydrogen-bond donors (Lipinski definition) is 0. The largest absolute Gasteiger partial charge is 0.456 e. The summed E-state index contributed by atoms with van der Waals surface area (Å²) in [4.78, 5) is 5.41. The number of benzene rings is 12. The van der Waals surface area contributed by atoms with E-state index in [1.807, 2.05) is 34.0 Å². The molecule has 10 aliphatic rings. The lowest BCUT2D eigenvalue weighted by Gasteiger charge is -2.61. The van der Waals surface area contributed by atoms with Crippen molar-refractivity contribution >= 4 is 164 Å². The minimum Gasteiger partial charge on any atom is -0.456 e. The molecule has 8 fully saturated rings. The average molecular weight is 1390 g/mol. The molecule has 4 aromatic heterocycles. The average Bonchev–Trinajstić information content (AvgIpc) is 1.48. The third-order valence-corrected chi connectivity index (χ3v) is 33.0. The van der Waals surface area contributed by atoms with E-state index in [9.17, 15) is 0 Å². The van der Waals surface area contributed by atoms with Crippen LogP contribution in [0.25, 0.3) is 116 Å². The van der Waals surface area contributed by atoms with E-state index in [4.69, 9.17) is 4.42 Å². The van der Waals surface area contributed by atoms with Crippen molar-refractivity contribution in [1.82, 2.24) is 0 Å². The zero-order valence-corrected chi connectivity index (χ0v) is 61.2. The monoisotopic (exact) mass is 1380 g/mol. The third kappa shape index (κ3) is 7.75. The first-order valence-electron chi connectivity index (χ1n) is 37.9. The Hall–Kier alpha value is -9.08. The summed E-state index contributed by atoms with van der Waals surface area (Å²) in [5, 5.41) is 11.7. The molecule has 0 unspecified atom stereocenters. The number of anilines is 6. The SMILES string of the molecule is C[Si](C)(C)c1ccc2c(c1)-c1ccc(N(c3cccc4oc5ccccc5c34)c3cccc4sc5c(-c6cc(N(c7ccc8c(c7)C7(c9ccccc9-8)C8CC9CC(C8)CC7C9)c7cccc8sc9ccccc9c78)c7c(c6)sc6ccccc67)cccc5c34)cc1C21C2CC3CC(C2)CC1C3. The predicted octanol–water partition coefficient (Wildman–Crippen LogP) is 27.3. The Morgan fingerprint density at radius 2 is 0.784 bits per heavy atom. The normalized spacial score (nSPS) is 24.7. The van der Waals surface area contributed by atoms with Gasteiger partial charge in [-0.25, -0.2) is 0 Å². The molecule has 12 aromatic carbocycles. The van der Waals surface area contributed by atoms with Gasteiger partial charge in [0.25, 0.3) is 0 Å². The summed E-state index contributed by atoms with van der Waals surface area (Å²) in [5.74, 6) is 6.04. The number of furan rings is 1. The van der Waals surface area contributed by atoms with E-state index in [1.165, 1.54) is 187 Å². The van der Waals surface area contributed by atoms with E-state index in [-0.39, 0.29) is 10.8 Å². The Balaban J connectivity index is 0.741. The molecule has 8 bridgehead atoms. The Morgan fingerprint density at radius 3 is 1.43 bits per heavy atom. The van der Waals surface area contributed by atoms with Crippen LogP contribution in [0.2, 0.25) is 19.6 Å². The molecule has 16 aromatic rings. The highest BCUT2D eigenvalue weighted by atomic mass is 32.1. The van der Waals surface area contributed by atoms with E-state index in [0.29, 0.717) is 23.7 Å². The van der Waals surface area contributed by atoms with Crippen LogP contribution in [-0.4, -0.2) is 8.07 Å². The lowest BCUT2D eigenvalue weighted by Crippen LogP contribution is -2.55. The summed E-state index contributed by atoms with van der Waals surface area (Å²) in [6, 6.07) is 93.6. The fraction of sp³-hybridized carbons (Fsp3) is 0.242. The zero-order chi connectivity index (χ0) is 66.8. The molecule has 102 heavy (non-hydrogen) atoms. The van der Waals surface area contributed by atoms with Crippen molar-refractivity contribution in [3.63, 3.8) is 0 Å². The van der Waals surface area contributed by atoms with Crippen molar-refractivity contribution in [2.75, 3.05) is 9.80 Å². The second kappa shape index (κ2) is 20.8. The van der Waals surface area contributed by atoms with Gasteiger partial charge in [-0.1, -0.05) is 170 Å². The summed E-state index contributed by atoms with van der Waals surface area (Å²) in [7, 11) is -1.63. The van der Waals surface area contributed by atoms with E-state index >= 15 is 0 Å². The molecule has 8 saturated carbocycles. The maximum absolute atomic E-state index is 6.86.